The Labute approximate surface area is 151 Å². The van der Waals surface area contributed by atoms with Gasteiger partial charge in [0, 0.05) is 38.8 Å². The first-order valence-electron chi connectivity index (χ1n) is 8.02. The first kappa shape index (κ1) is 19.2. The molecule has 0 spiro atoms. The molecule has 22 heavy (non-hydrogen) atoms. The molecule has 0 saturated heterocycles. The van der Waals surface area contributed by atoms with Crippen molar-refractivity contribution in [2.24, 2.45) is 4.99 Å². The number of aliphatic imine (C=N–C) groups is 1. The third kappa shape index (κ3) is 5.76. The van der Waals surface area contributed by atoms with Crippen LogP contribution in [0.4, 0.5) is 0 Å². The molecule has 1 aromatic carbocycles. The second-order valence-corrected chi connectivity index (χ2v) is 5.30. The number of benzene rings is 1. The Hall–Kier alpha value is -0.820. The van der Waals surface area contributed by atoms with Crippen LogP contribution in [0.5, 0.6) is 0 Å². The summed E-state index contributed by atoms with van der Waals surface area (Å²) in [5, 5.41) is 6.67. The van der Waals surface area contributed by atoms with Crippen molar-refractivity contribution in [3.63, 3.8) is 0 Å². The van der Waals surface area contributed by atoms with Gasteiger partial charge in [0.15, 0.2) is 5.96 Å². The molecular weight excluding hydrogens is 389 g/mol. The maximum atomic E-state index is 5.34. The number of hydrogen-bond acceptors (Lipinski definition) is 2. The average Bonchev–Trinajstić information content (AvgIpc) is 2.48. The van der Waals surface area contributed by atoms with Crippen LogP contribution >= 0.6 is 24.0 Å². The molecule has 1 aliphatic carbocycles. The fraction of sp³-hybridized carbons (Fsp3) is 0.588. The van der Waals surface area contributed by atoms with Crippen molar-refractivity contribution in [2.75, 3.05) is 32.8 Å². The van der Waals surface area contributed by atoms with Crippen LogP contribution in [0, 0.1) is 0 Å². The van der Waals surface area contributed by atoms with E-state index in [1.807, 2.05) is 6.92 Å². The zero-order valence-corrected chi connectivity index (χ0v) is 15.9. The summed E-state index contributed by atoms with van der Waals surface area (Å²) in [6.45, 7) is 8.35. The van der Waals surface area contributed by atoms with E-state index >= 15 is 0 Å². The van der Waals surface area contributed by atoms with Crippen molar-refractivity contribution in [3.05, 3.63) is 35.4 Å². The fourth-order valence-corrected chi connectivity index (χ4v) is 2.59. The predicted octanol–water partition coefficient (Wildman–Crippen LogP) is 2.93. The van der Waals surface area contributed by atoms with Crippen LogP contribution in [0.25, 0.3) is 0 Å². The van der Waals surface area contributed by atoms with E-state index < -0.39 is 0 Å². The Morgan fingerprint density at radius 3 is 2.82 bits per heavy atom. The van der Waals surface area contributed by atoms with E-state index in [0.717, 1.165) is 51.6 Å². The lowest BCUT2D eigenvalue weighted by atomic mass is 9.78. The first-order valence-corrected chi connectivity index (χ1v) is 8.02. The van der Waals surface area contributed by atoms with Crippen LogP contribution in [0.15, 0.2) is 29.3 Å². The van der Waals surface area contributed by atoms with Crippen molar-refractivity contribution in [1.29, 1.82) is 0 Å². The highest BCUT2D eigenvalue weighted by Crippen LogP contribution is 2.34. The van der Waals surface area contributed by atoms with E-state index in [-0.39, 0.29) is 24.0 Å². The molecule has 4 nitrogen and oxygen atoms in total. The molecular formula is C17H28IN3O. The summed E-state index contributed by atoms with van der Waals surface area (Å²) in [4.78, 5) is 4.71. The highest BCUT2D eigenvalue weighted by atomic mass is 127. The van der Waals surface area contributed by atoms with Crippen LogP contribution in [-0.4, -0.2) is 38.8 Å². The average molecular weight is 417 g/mol. The fourth-order valence-electron chi connectivity index (χ4n) is 2.59. The van der Waals surface area contributed by atoms with Gasteiger partial charge in [-0.3, -0.25) is 4.99 Å². The van der Waals surface area contributed by atoms with E-state index in [1.165, 1.54) is 11.1 Å². The van der Waals surface area contributed by atoms with Crippen LogP contribution in [-0.2, 0) is 11.2 Å². The second kappa shape index (κ2) is 10.8. The third-order valence-electron chi connectivity index (χ3n) is 3.74. The van der Waals surface area contributed by atoms with Gasteiger partial charge in [-0.05, 0) is 37.8 Å². The van der Waals surface area contributed by atoms with E-state index in [9.17, 15) is 0 Å². The summed E-state index contributed by atoms with van der Waals surface area (Å²) in [6, 6.07) is 8.67. The Bertz CT molecular complexity index is 465. The number of nitrogens with one attached hydrogen (secondary N) is 2. The molecule has 0 radical (unpaired) electrons. The number of ether oxygens (including phenoxy) is 1. The standard InChI is InChI=1S/C17H27N3O.HI/c1-3-18-17(19-10-7-11-21-4-2)20-13-15-12-14-8-5-6-9-16(14)15;/h5-6,8-9,15H,3-4,7,10-13H2,1-2H3,(H2,18,19,20);1H. The quantitative estimate of drug-likeness (QED) is 0.296. The van der Waals surface area contributed by atoms with Gasteiger partial charge < -0.3 is 15.4 Å². The van der Waals surface area contributed by atoms with E-state index in [0.29, 0.717) is 5.92 Å². The smallest absolute Gasteiger partial charge is 0.191 e. The molecule has 1 atom stereocenters. The first-order chi connectivity index (χ1) is 10.3. The Morgan fingerprint density at radius 1 is 1.27 bits per heavy atom. The molecule has 1 aliphatic rings. The van der Waals surface area contributed by atoms with Gasteiger partial charge in [0.2, 0.25) is 0 Å². The summed E-state index contributed by atoms with van der Waals surface area (Å²) in [5.74, 6) is 1.50. The number of halogens is 1. The lowest BCUT2D eigenvalue weighted by Gasteiger charge is -2.28. The summed E-state index contributed by atoms with van der Waals surface area (Å²) in [7, 11) is 0. The van der Waals surface area contributed by atoms with Gasteiger partial charge in [-0.25, -0.2) is 0 Å². The molecule has 0 amide bonds. The molecule has 124 valence electrons. The molecule has 2 rings (SSSR count). The minimum absolute atomic E-state index is 0. The molecule has 0 bridgehead atoms. The Kier molecular flexibility index (Phi) is 9.47. The zero-order chi connectivity index (χ0) is 14.9. The maximum absolute atomic E-state index is 5.34. The SMILES string of the molecule is CCNC(=NCC1Cc2ccccc21)NCCCOCC.I. The minimum Gasteiger partial charge on any atom is -0.382 e. The molecule has 0 heterocycles. The molecule has 0 fully saturated rings. The number of rotatable bonds is 8. The van der Waals surface area contributed by atoms with E-state index in [1.54, 1.807) is 0 Å². The Balaban J connectivity index is 0.00000242. The summed E-state index contributed by atoms with van der Waals surface area (Å²) < 4.78 is 5.34. The van der Waals surface area contributed by atoms with Crippen LogP contribution in [0.1, 0.15) is 37.3 Å². The van der Waals surface area contributed by atoms with Crippen LogP contribution in [0.2, 0.25) is 0 Å². The number of guanidine groups is 1. The van der Waals surface area contributed by atoms with Gasteiger partial charge in [-0.1, -0.05) is 24.3 Å². The van der Waals surface area contributed by atoms with Crippen molar-refractivity contribution >= 4 is 29.9 Å². The predicted molar refractivity (Wildman–Crippen MR) is 103 cm³/mol. The van der Waals surface area contributed by atoms with E-state index in [2.05, 4.69) is 41.8 Å². The van der Waals surface area contributed by atoms with Crippen molar-refractivity contribution in [3.8, 4) is 0 Å². The molecule has 2 N–H and O–H groups in total. The number of fused-ring (bicyclic) bond motifs is 1. The van der Waals surface area contributed by atoms with Gasteiger partial charge in [0.25, 0.3) is 0 Å². The highest BCUT2D eigenvalue weighted by Gasteiger charge is 2.24. The summed E-state index contributed by atoms with van der Waals surface area (Å²) in [5.41, 5.74) is 2.95. The van der Waals surface area contributed by atoms with Gasteiger partial charge in [0.1, 0.15) is 0 Å². The van der Waals surface area contributed by atoms with Crippen LogP contribution in [0.3, 0.4) is 0 Å². The lowest BCUT2D eigenvalue weighted by molar-refractivity contribution is 0.145. The lowest BCUT2D eigenvalue weighted by Crippen LogP contribution is -2.38. The zero-order valence-electron chi connectivity index (χ0n) is 13.6. The molecule has 0 aliphatic heterocycles. The van der Waals surface area contributed by atoms with Gasteiger partial charge in [-0.2, -0.15) is 0 Å². The highest BCUT2D eigenvalue weighted by molar-refractivity contribution is 14.0. The van der Waals surface area contributed by atoms with E-state index in [4.69, 9.17) is 9.73 Å². The second-order valence-electron chi connectivity index (χ2n) is 5.30. The minimum atomic E-state index is 0. The molecule has 0 aromatic heterocycles. The topological polar surface area (TPSA) is 45.7 Å². The largest absolute Gasteiger partial charge is 0.382 e. The third-order valence-corrected chi connectivity index (χ3v) is 3.74. The molecule has 1 aromatic rings. The molecule has 1 unspecified atom stereocenters. The summed E-state index contributed by atoms with van der Waals surface area (Å²) in [6.07, 6.45) is 2.16. The maximum Gasteiger partial charge on any atom is 0.191 e. The van der Waals surface area contributed by atoms with Gasteiger partial charge in [0.05, 0.1) is 0 Å². The van der Waals surface area contributed by atoms with Crippen molar-refractivity contribution < 1.29 is 4.74 Å². The van der Waals surface area contributed by atoms with Crippen molar-refractivity contribution in [2.45, 2.75) is 32.6 Å². The normalized spacial score (nSPS) is 16.3. The monoisotopic (exact) mass is 417 g/mol. The number of nitrogens with zero attached hydrogens (tertiary/aromatic N) is 1. The molecule has 0 saturated carbocycles. The van der Waals surface area contributed by atoms with Gasteiger partial charge in [-0.15, -0.1) is 24.0 Å². The van der Waals surface area contributed by atoms with Crippen molar-refractivity contribution in [1.82, 2.24) is 10.6 Å². The Morgan fingerprint density at radius 2 is 2.09 bits per heavy atom. The van der Waals surface area contributed by atoms with Gasteiger partial charge >= 0.3 is 0 Å². The summed E-state index contributed by atoms with van der Waals surface area (Å²) >= 11 is 0. The number of hydrogen-bond donors (Lipinski definition) is 2. The van der Waals surface area contributed by atoms with Crippen LogP contribution < -0.4 is 10.6 Å². The molecule has 5 heteroatoms.